The second-order valence-corrected chi connectivity index (χ2v) is 12.1. The maximum absolute atomic E-state index is 12.6. The largest absolute Gasteiger partial charge is 0.492 e. The Morgan fingerprint density at radius 3 is 2.68 bits per heavy atom. The van der Waals surface area contributed by atoms with E-state index in [0.717, 1.165) is 18.7 Å². The molecule has 0 unspecified atom stereocenters. The van der Waals surface area contributed by atoms with Gasteiger partial charge in [0, 0.05) is 38.8 Å². The Morgan fingerprint density at radius 2 is 2.08 bits per heavy atom. The highest BCUT2D eigenvalue weighted by Crippen LogP contribution is 2.37. The van der Waals surface area contributed by atoms with Crippen LogP contribution < -0.4 is 20.7 Å². The van der Waals surface area contributed by atoms with Gasteiger partial charge in [-0.2, -0.15) is 4.98 Å². The predicted molar refractivity (Wildman–Crippen MR) is 151 cm³/mol. The fraction of sp³-hybridized carbons (Fsp3) is 0.480. The molecule has 11 nitrogen and oxygen atoms in total. The molecule has 0 atom stereocenters. The molecule has 1 aliphatic rings. The molecule has 2 aromatic rings. The normalized spacial score (nSPS) is 14.8. The van der Waals surface area contributed by atoms with Crippen molar-refractivity contribution in [3.63, 3.8) is 0 Å². The topological polar surface area (TPSA) is 153 Å². The molecule has 38 heavy (non-hydrogen) atoms. The minimum atomic E-state index is -3.84. The number of ether oxygens (including phenoxy) is 1. The third-order valence-corrected chi connectivity index (χ3v) is 8.47. The summed E-state index contributed by atoms with van der Waals surface area (Å²) in [5, 5.41) is 25.0. The van der Waals surface area contributed by atoms with Gasteiger partial charge in [0.05, 0.1) is 36.0 Å². The monoisotopic (exact) mass is 565 g/mol. The van der Waals surface area contributed by atoms with Crippen molar-refractivity contribution >= 4 is 43.9 Å². The van der Waals surface area contributed by atoms with E-state index in [2.05, 4.69) is 30.8 Å². The molecule has 0 amide bonds. The van der Waals surface area contributed by atoms with E-state index in [1.807, 2.05) is 26.0 Å². The van der Waals surface area contributed by atoms with Crippen LogP contribution in [-0.4, -0.2) is 78.6 Å². The molecule has 0 bridgehead atoms. The molecular formula is C25H36ClN7O4S. The Balaban J connectivity index is 1.87. The molecule has 0 saturated carbocycles. The number of aryl methyl sites for hydroxylation is 1. The van der Waals surface area contributed by atoms with Gasteiger partial charge in [0.1, 0.15) is 10.8 Å². The number of anilines is 3. The van der Waals surface area contributed by atoms with Gasteiger partial charge in [0.25, 0.3) is 0 Å². The first kappa shape index (κ1) is 29.6. The molecule has 208 valence electrons. The van der Waals surface area contributed by atoms with Crippen LogP contribution in [0.5, 0.6) is 5.75 Å². The highest BCUT2D eigenvalue weighted by Gasteiger charge is 2.30. The second-order valence-electron chi connectivity index (χ2n) is 9.23. The van der Waals surface area contributed by atoms with Gasteiger partial charge >= 0.3 is 0 Å². The smallest absolute Gasteiger partial charge is 0.229 e. The summed E-state index contributed by atoms with van der Waals surface area (Å²) in [7, 11) is -2.25. The van der Waals surface area contributed by atoms with Gasteiger partial charge < -0.3 is 25.8 Å². The van der Waals surface area contributed by atoms with Gasteiger partial charge in [-0.05, 0) is 51.0 Å². The second kappa shape index (κ2) is 12.7. The molecule has 1 saturated heterocycles. The zero-order chi connectivity index (χ0) is 28.0. The summed E-state index contributed by atoms with van der Waals surface area (Å²) in [6.45, 7) is 10.0. The number of aliphatic hydroxyl groups is 1. The Morgan fingerprint density at radius 1 is 1.37 bits per heavy atom. The average Bonchev–Trinajstić information content (AvgIpc) is 2.84. The Hall–Kier alpha value is -2.93. The molecule has 0 aliphatic carbocycles. The number of hydrogen-bond donors (Lipinski definition) is 5. The molecule has 1 aromatic carbocycles. The number of halogens is 1. The molecule has 13 heteroatoms. The Bertz CT molecular complexity index is 1290. The van der Waals surface area contributed by atoms with Crippen molar-refractivity contribution < 1.29 is 18.3 Å². The van der Waals surface area contributed by atoms with E-state index < -0.39 is 20.1 Å². The van der Waals surface area contributed by atoms with Crippen LogP contribution in [0.15, 0.2) is 30.2 Å². The number of aliphatic hydroxyl groups excluding tert-OH is 1. The van der Waals surface area contributed by atoms with E-state index >= 15 is 0 Å². The molecular weight excluding hydrogens is 530 g/mol. The lowest BCUT2D eigenvalue weighted by Gasteiger charge is -2.40. The van der Waals surface area contributed by atoms with E-state index in [1.165, 1.54) is 31.8 Å². The number of likely N-dealkylation sites (tertiary alicyclic amines) is 1. The van der Waals surface area contributed by atoms with Crippen LogP contribution in [-0.2, 0) is 9.84 Å². The summed E-state index contributed by atoms with van der Waals surface area (Å²) in [5.41, 5.74) is 2.95. The van der Waals surface area contributed by atoms with Gasteiger partial charge in [-0.15, -0.1) is 0 Å². The molecule has 0 spiro atoms. The molecule has 5 N–H and O–H groups in total. The lowest BCUT2D eigenvalue weighted by atomic mass is 9.88. The van der Waals surface area contributed by atoms with Gasteiger partial charge in [0.2, 0.25) is 5.95 Å². The van der Waals surface area contributed by atoms with E-state index in [4.69, 9.17) is 26.9 Å². The highest BCUT2D eigenvalue weighted by atomic mass is 35.5. The first-order chi connectivity index (χ1) is 18.0. The zero-order valence-corrected chi connectivity index (χ0v) is 23.9. The highest BCUT2D eigenvalue weighted by molar-refractivity contribution is 8.07. The summed E-state index contributed by atoms with van der Waals surface area (Å²) in [5.74, 6) is 1.37. The molecule has 3 rings (SSSR count). The standard InChI is InChI=1S/C25H36ClN7O4S/c1-6-37-22-10-18(17-13-33(14-17)7-8-34)16(4)9-20(22)31-25-29-11-19(26)24(32-25)30-21(12-28-5)23(27)38(35,36)15(2)3/h9-12,15,17,27-28,34H,6-8,13-14H2,1-5H3,(H2,29,30,31,32)/b21-12+,27-23?. The van der Waals surface area contributed by atoms with E-state index in [9.17, 15) is 8.42 Å². The van der Waals surface area contributed by atoms with Crippen LogP contribution in [0, 0.1) is 12.3 Å². The SMILES string of the molecule is CCOc1cc(C2CN(CCO)C2)c(C)cc1Nc1ncc(Cl)c(N/C(=C/NC)C(=N)S(=O)(=O)C(C)C)n1. The van der Waals surface area contributed by atoms with Crippen LogP contribution in [0.2, 0.25) is 5.02 Å². The molecule has 0 radical (unpaired) electrons. The van der Waals surface area contributed by atoms with Crippen LogP contribution in [0.25, 0.3) is 0 Å². The van der Waals surface area contributed by atoms with Crippen molar-refractivity contribution in [3.05, 3.63) is 46.4 Å². The fourth-order valence-corrected chi connectivity index (χ4v) is 5.09. The van der Waals surface area contributed by atoms with Gasteiger partial charge in [-0.1, -0.05) is 11.6 Å². The van der Waals surface area contributed by atoms with Crippen molar-refractivity contribution in [1.82, 2.24) is 20.2 Å². The number of nitrogens with zero attached hydrogens (tertiary/aromatic N) is 3. The maximum atomic E-state index is 12.6. The summed E-state index contributed by atoms with van der Waals surface area (Å²) < 4.78 is 31.1. The number of nitrogens with one attached hydrogen (secondary N) is 4. The molecule has 1 fully saturated rings. The Labute approximate surface area is 229 Å². The van der Waals surface area contributed by atoms with Crippen molar-refractivity contribution in [1.29, 1.82) is 5.41 Å². The third-order valence-electron chi connectivity index (χ3n) is 6.16. The van der Waals surface area contributed by atoms with E-state index in [1.54, 1.807) is 7.05 Å². The first-order valence-corrected chi connectivity index (χ1v) is 14.3. The van der Waals surface area contributed by atoms with E-state index in [-0.39, 0.29) is 29.1 Å². The van der Waals surface area contributed by atoms with Gasteiger partial charge in [-0.25, -0.2) is 13.4 Å². The molecule has 1 aromatic heterocycles. The summed E-state index contributed by atoms with van der Waals surface area (Å²) in [4.78, 5) is 10.9. The quantitative estimate of drug-likeness (QED) is 0.191. The molecule has 1 aliphatic heterocycles. The maximum Gasteiger partial charge on any atom is 0.229 e. The summed E-state index contributed by atoms with van der Waals surface area (Å²) >= 11 is 6.32. The van der Waals surface area contributed by atoms with Gasteiger partial charge in [-0.3, -0.25) is 10.3 Å². The number of benzene rings is 1. The fourth-order valence-electron chi connectivity index (χ4n) is 4.06. The molecule has 2 heterocycles. The minimum absolute atomic E-state index is 0.00121. The lowest BCUT2D eigenvalue weighted by Crippen LogP contribution is -2.46. The summed E-state index contributed by atoms with van der Waals surface area (Å²) in [6.07, 6.45) is 2.76. The zero-order valence-electron chi connectivity index (χ0n) is 22.3. The third kappa shape index (κ3) is 6.73. The number of sulfone groups is 1. The Kier molecular flexibility index (Phi) is 9.94. The van der Waals surface area contributed by atoms with Crippen LogP contribution in [0.3, 0.4) is 0 Å². The van der Waals surface area contributed by atoms with Crippen LogP contribution in [0.4, 0.5) is 17.5 Å². The van der Waals surface area contributed by atoms with Crippen molar-refractivity contribution in [2.24, 2.45) is 0 Å². The van der Waals surface area contributed by atoms with E-state index in [0.29, 0.717) is 30.5 Å². The van der Waals surface area contributed by atoms with Crippen molar-refractivity contribution in [3.8, 4) is 5.75 Å². The minimum Gasteiger partial charge on any atom is -0.492 e. The first-order valence-electron chi connectivity index (χ1n) is 12.4. The predicted octanol–water partition coefficient (Wildman–Crippen LogP) is 3.25. The van der Waals surface area contributed by atoms with Gasteiger partial charge in [0.15, 0.2) is 20.7 Å². The number of β-amino-alcohol motifs (C(OH)–C–C–N with tert-alkyl or cyclic N) is 1. The van der Waals surface area contributed by atoms with Crippen LogP contribution in [0.1, 0.15) is 37.8 Å². The number of rotatable bonds is 12. The average molecular weight is 566 g/mol. The van der Waals surface area contributed by atoms with Crippen molar-refractivity contribution in [2.75, 3.05) is 50.5 Å². The van der Waals surface area contributed by atoms with Crippen LogP contribution >= 0.6 is 11.6 Å². The summed E-state index contributed by atoms with van der Waals surface area (Å²) in [6, 6.07) is 4.01. The number of hydrogen-bond acceptors (Lipinski definition) is 11. The lowest BCUT2D eigenvalue weighted by molar-refractivity contribution is 0.115. The van der Waals surface area contributed by atoms with Crippen molar-refractivity contribution in [2.45, 2.75) is 38.9 Å². The number of aromatic nitrogens is 2.